The number of aromatic hydroxyl groups is 1. The minimum absolute atomic E-state index is 0.0537. The van der Waals surface area contributed by atoms with Gasteiger partial charge in [-0.05, 0) is 41.9 Å². The van der Waals surface area contributed by atoms with Crippen molar-refractivity contribution >= 4 is 0 Å². The molecule has 0 saturated carbocycles. The van der Waals surface area contributed by atoms with E-state index in [0.29, 0.717) is 5.75 Å². The minimum Gasteiger partial charge on any atom is -0.508 e. The first-order valence-electron chi connectivity index (χ1n) is 11.8. The van der Waals surface area contributed by atoms with Crippen LogP contribution in [-0.4, -0.2) is 5.11 Å². The zero-order valence-electron chi connectivity index (χ0n) is 18.8. The Labute approximate surface area is 170 Å². The van der Waals surface area contributed by atoms with E-state index in [2.05, 4.69) is 39.8 Å². The van der Waals surface area contributed by atoms with Crippen LogP contribution in [0.5, 0.6) is 5.75 Å². The fourth-order valence-electron chi connectivity index (χ4n) is 3.84. The third kappa shape index (κ3) is 10.2. The summed E-state index contributed by atoms with van der Waals surface area (Å²) in [7, 11) is 0. The molecule has 1 N–H and O–H groups in total. The lowest BCUT2D eigenvalue weighted by Crippen LogP contribution is -2.15. The van der Waals surface area contributed by atoms with Gasteiger partial charge >= 0.3 is 0 Å². The largest absolute Gasteiger partial charge is 0.508 e. The molecule has 27 heavy (non-hydrogen) atoms. The van der Waals surface area contributed by atoms with Gasteiger partial charge in [0.2, 0.25) is 0 Å². The molecule has 0 bridgehead atoms. The van der Waals surface area contributed by atoms with E-state index in [1.165, 1.54) is 89.0 Å². The molecule has 0 aliphatic rings. The van der Waals surface area contributed by atoms with E-state index in [4.69, 9.17) is 0 Å². The van der Waals surface area contributed by atoms with Crippen LogP contribution in [0.1, 0.15) is 129 Å². The van der Waals surface area contributed by atoms with Gasteiger partial charge in [-0.15, -0.1) is 0 Å². The van der Waals surface area contributed by atoms with Gasteiger partial charge in [0.1, 0.15) is 5.75 Å². The molecule has 0 amide bonds. The van der Waals surface area contributed by atoms with Crippen LogP contribution in [0.3, 0.4) is 0 Å². The van der Waals surface area contributed by atoms with Crippen molar-refractivity contribution in [1.29, 1.82) is 0 Å². The Morgan fingerprint density at radius 1 is 0.704 bits per heavy atom. The first-order valence-corrected chi connectivity index (χ1v) is 11.8. The third-order valence-corrected chi connectivity index (χ3v) is 6.24. The zero-order valence-corrected chi connectivity index (χ0v) is 18.8. The van der Waals surface area contributed by atoms with Crippen LogP contribution < -0.4 is 0 Å². The molecule has 1 nitrogen and oxygen atoms in total. The van der Waals surface area contributed by atoms with E-state index in [0.717, 1.165) is 18.4 Å². The monoisotopic (exact) mass is 374 g/mol. The molecule has 0 spiro atoms. The molecular weight excluding hydrogens is 328 g/mol. The molecule has 0 radical (unpaired) electrons. The van der Waals surface area contributed by atoms with Crippen LogP contribution >= 0.6 is 0 Å². The second-order valence-corrected chi connectivity index (χ2v) is 9.08. The third-order valence-electron chi connectivity index (χ3n) is 6.24. The van der Waals surface area contributed by atoms with Gasteiger partial charge in [-0.1, -0.05) is 117 Å². The second kappa shape index (κ2) is 14.1. The number of phenols is 1. The molecule has 0 atom stereocenters. The van der Waals surface area contributed by atoms with Crippen molar-refractivity contribution in [2.45, 2.75) is 129 Å². The van der Waals surface area contributed by atoms with E-state index in [1.807, 2.05) is 6.07 Å². The van der Waals surface area contributed by atoms with Crippen molar-refractivity contribution in [3.05, 3.63) is 29.3 Å². The SMILES string of the molecule is CCCCCCCCCCCCCCCc1ccc(C(C)(C)CC)c(O)c1. The highest BCUT2D eigenvalue weighted by molar-refractivity contribution is 5.41. The van der Waals surface area contributed by atoms with E-state index in [-0.39, 0.29) is 5.41 Å². The maximum absolute atomic E-state index is 10.4. The summed E-state index contributed by atoms with van der Waals surface area (Å²) in [6, 6.07) is 6.34. The van der Waals surface area contributed by atoms with Crippen molar-refractivity contribution in [2.24, 2.45) is 0 Å². The minimum atomic E-state index is 0.0537. The predicted molar refractivity (Wildman–Crippen MR) is 121 cm³/mol. The molecule has 1 aromatic rings. The number of phenolic OH excluding ortho intramolecular Hbond substituents is 1. The Morgan fingerprint density at radius 3 is 1.63 bits per heavy atom. The Bertz CT molecular complexity index is 489. The summed E-state index contributed by atoms with van der Waals surface area (Å²) in [6.07, 6.45) is 20.3. The van der Waals surface area contributed by atoms with Crippen LogP contribution in [0.15, 0.2) is 18.2 Å². The van der Waals surface area contributed by atoms with Crippen LogP contribution in [0.25, 0.3) is 0 Å². The van der Waals surface area contributed by atoms with Crippen LogP contribution in [-0.2, 0) is 11.8 Å². The van der Waals surface area contributed by atoms with E-state index >= 15 is 0 Å². The van der Waals surface area contributed by atoms with E-state index < -0.39 is 0 Å². The predicted octanol–water partition coefficient (Wildman–Crippen LogP) is 8.71. The normalized spacial score (nSPS) is 11.9. The first-order chi connectivity index (χ1) is 13.0. The highest BCUT2D eigenvalue weighted by Gasteiger charge is 2.21. The summed E-state index contributed by atoms with van der Waals surface area (Å²) in [4.78, 5) is 0. The summed E-state index contributed by atoms with van der Waals surface area (Å²) in [5, 5.41) is 10.4. The molecule has 0 unspecified atom stereocenters. The van der Waals surface area contributed by atoms with Crippen molar-refractivity contribution in [3.63, 3.8) is 0 Å². The van der Waals surface area contributed by atoms with Crippen molar-refractivity contribution < 1.29 is 5.11 Å². The van der Waals surface area contributed by atoms with Gasteiger partial charge in [-0.3, -0.25) is 0 Å². The van der Waals surface area contributed by atoms with Gasteiger partial charge in [0.25, 0.3) is 0 Å². The number of hydrogen-bond acceptors (Lipinski definition) is 1. The summed E-state index contributed by atoms with van der Waals surface area (Å²) in [6.45, 7) is 8.87. The first kappa shape index (κ1) is 24.1. The maximum Gasteiger partial charge on any atom is 0.119 e. The lowest BCUT2D eigenvalue weighted by molar-refractivity contribution is 0.428. The Kier molecular flexibility index (Phi) is 12.5. The van der Waals surface area contributed by atoms with E-state index in [9.17, 15) is 5.11 Å². The molecule has 1 heteroatoms. The molecule has 156 valence electrons. The van der Waals surface area contributed by atoms with Crippen molar-refractivity contribution in [1.82, 2.24) is 0 Å². The average Bonchev–Trinajstić information content (AvgIpc) is 2.65. The fraction of sp³-hybridized carbons (Fsp3) is 0.769. The Balaban J connectivity index is 2.05. The van der Waals surface area contributed by atoms with Gasteiger partial charge in [0.05, 0.1) is 0 Å². The van der Waals surface area contributed by atoms with Crippen LogP contribution in [0.4, 0.5) is 0 Å². The molecule has 0 aromatic heterocycles. The fourth-order valence-corrected chi connectivity index (χ4v) is 3.84. The van der Waals surface area contributed by atoms with Crippen LogP contribution in [0, 0.1) is 0 Å². The zero-order chi connectivity index (χ0) is 20.0. The number of benzene rings is 1. The molecule has 0 heterocycles. The Hall–Kier alpha value is -0.980. The lowest BCUT2D eigenvalue weighted by Gasteiger charge is -2.24. The quantitative estimate of drug-likeness (QED) is 0.287. The average molecular weight is 375 g/mol. The van der Waals surface area contributed by atoms with Gasteiger partial charge < -0.3 is 5.11 Å². The summed E-state index contributed by atoms with van der Waals surface area (Å²) in [5.74, 6) is 0.481. The van der Waals surface area contributed by atoms with Gasteiger partial charge in [-0.2, -0.15) is 0 Å². The highest BCUT2D eigenvalue weighted by atomic mass is 16.3. The molecule has 1 aromatic carbocycles. The number of aryl methyl sites for hydroxylation is 1. The van der Waals surface area contributed by atoms with Gasteiger partial charge in [0.15, 0.2) is 0 Å². The lowest BCUT2D eigenvalue weighted by atomic mass is 9.81. The van der Waals surface area contributed by atoms with Crippen molar-refractivity contribution in [3.8, 4) is 5.75 Å². The van der Waals surface area contributed by atoms with Gasteiger partial charge in [0, 0.05) is 0 Å². The summed E-state index contributed by atoms with van der Waals surface area (Å²) >= 11 is 0. The number of rotatable bonds is 16. The number of unbranched alkanes of at least 4 members (excludes halogenated alkanes) is 12. The van der Waals surface area contributed by atoms with Crippen LogP contribution in [0.2, 0.25) is 0 Å². The smallest absolute Gasteiger partial charge is 0.119 e. The number of hydrogen-bond donors (Lipinski definition) is 1. The summed E-state index contributed by atoms with van der Waals surface area (Å²) < 4.78 is 0. The molecule has 0 aliphatic carbocycles. The topological polar surface area (TPSA) is 20.2 Å². The van der Waals surface area contributed by atoms with Crippen molar-refractivity contribution in [2.75, 3.05) is 0 Å². The second-order valence-electron chi connectivity index (χ2n) is 9.08. The molecule has 0 saturated heterocycles. The molecule has 0 aliphatic heterocycles. The molecule has 0 fully saturated rings. The Morgan fingerprint density at radius 2 is 1.19 bits per heavy atom. The molecule has 1 rings (SSSR count). The highest BCUT2D eigenvalue weighted by Crippen LogP contribution is 2.34. The summed E-state index contributed by atoms with van der Waals surface area (Å²) in [5.41, 5.74) is 2.42. The standard InChI is InChI=1S/C26H46O/c1-5-7-8-9-10-11-12-13-14-15-16-17-18-19-23-20-21-24(25(27)22-23)26(3,4)6-2/h20-22,27H,5-19H2,1-4H3. The molecular formula is C26H46O. The van der Waals surface area contributed by atoms with E-state index in [1.54, 1.807) is 0 Å². The maximum atomic E-state index is 10.4. The van der Waals surface area contributed by atoms with Gasteiger partial charge in [-0.25, -0.2) is 0 Å².